The summed E-state index contributed by atoms with van der Waals surface area (Å²) in [6.45, 7) is 11.0. The lowest BCUT2D eigenvalue weighted by molar-refractivity contribution is 0.529. The monoisotopic (exact) mass is 241 g/mol. The summed E-state index contributed by atoms with van der Waals surface area (Å²) in [5.74, 6) is 1.16. The standard InChI is InChI=1S/C12H23N3S/c1-5-7-13-8-6-11-14-15-12(16-11)10(4)9(2)3/h9-10,13H,5-8H2,1-4H3. The van der Waals surface area contributed by atoms with Crippen LogP contribution in [0.4, 0.5) is 0 Å². The molecule has 1 aromatic heterocycles. The Labute approximate surface area is 103 Å². The molecule has 0 saturated heterocycles. The molecule has 1 heterocycles. The molecule has 92 valence electrons. The minimum absolute atomic E-state index is 0.523. The second-order valence-electron chi connectivity index (χ2n) is 4.57. The van der Waals surface area contributed by atoms with Gasteiger partial charge in [0.15, 0.2) is 0 Å². The first-order valence-electron chi connectivity index (χ1n) is 6.18. The number of nitrogens with one attached hydrogen (secondary N) is 1. The Bertz CT molecular complexity index is 296. The average Bonchev–Trinajstić information content (AvgIpc) is 2.72. The molecule has 0 aliphatic carbocycles. The molecule has 0 bridgehead atoms. The molecule has 4 heteroatoms. The van der Waals surface area contributed by atoms with E-state index in [9.17, 15) is 0 Å². The topological polar surface area (TPSA) is 37.8 Å². The van der Waals surface area contributed by atoms with Crippen LogP contribution in [-0.2, 0) is 6.42 Å². The lowest BCUT2D eigenvalue weighted by Gasteiger charge is -2.10. The highest BCUT2D eigenvalue weighted by Gasteiger charge is 2.14. The summed E-state index contributed by atoms with van der Waals surface area (Å²) in [6.07, 6.45) is 2.19. The van der Waals surface area contributed by atoms with Crippen molar-refractivity contribution >= 4 is 11.3 Å². The van der Waals surface area contributed by atoms with Crippen LogP contribution in [0.25, 0.3) is 0 Å². The van der Waals surface area contributed by atoms with E-state index in [1.54, 1.807) is 11.3 Å². The molecule has 0 amide bonds. The van der Waals surface area contributed by atoms with E-state index < -0.39 is 0 Å². The van der Waals surface area contributed by atoms with Crippen LogP contribution in [0, 0.1) is 5.92 Å². The van der Waals surface area contributed by atoms with E-state index in [1.807, 2.05) is 0 Å². The van der Waals surface area contributed by atoms with Gasteiger partial charge in [-0.15, -0.1) is 21.5 Å². The van der Waals surface area contributed by atoms with E-state index in [-0.39, 0.29) is 0 Å². The van der Waals surface area contributed by atoms with Gasteiger partial charge < -0.3 is 5.32 Å². The molecule has 0 radical (unpaired) electrons. The van der Waals surface area contributed by atoms with Crippen molar-refractivity contribution in [3.63, 3.8) is 0 Å². The minimum Gasteiger partial charge on any atom is -0.316 e. The third kappa shape index (κ3) is 4.18. The lowest BCUT2D eigenvalue weighted by Crippen LogP contribution is -2.17. The molecule has 0 aliphatic rings. The zero-order valence-electron chi connectivity index (χ0n) is 10.8. The second kappa shape index (κ2) is 6.97. The van der Waals surface area contributed by atoms with Crippen molar-refractivity contribution in [3.05, 3.63) is 10.0 Å². The quantitative estimate of drug-likeness (QED) is 0.746. The van der Waals surface area contributed by atoms with Gasteiger partial charge in [-0.2, -0.15) is 0 Å². The van der Waals surface area contributed by atoms with Gasteiger partial charge in [0.1, 0.15) is 10.0 Å². The summed E-state index contributed by atoms with van der Waals surface area (Å²) in [4.78, 5) is 0. The lowest BCUT2D eigenvalue weighted by atomic mass is 9.99. The maximum absolute atomic E-state index is 4.28. The fraction of sp³-hybridized carbons (Fsp3) is 0.833. The van der Waals surface area contributed by atoms with E-state index >= 15 is 0 Å². The molecule has 3 nitrogen and oxygen atoms in total. The number of hydrogen-bond acceptors (Lipinski definition) is 4. The van der Waals surface area contributed by atoms with Gasteiger partial charge in [0.05, 0.1) is 0 Å². The zero-order chi connectivity index (χ0) is 12.0. The van der Waals surface area contributed by atoms with Crippen molar-refractivity contribution in [1.29, 1.82) is 0 Å². The Morgan fingerprint density at radius 2 is 1.94 bits per heavy atom. The summed E-state index contributed by atoms with van der Waals surface area (Å²) in [5.41, 5.74) is 0. The Hall–Kier alpha value is -0.480. The van der Waals surface area contributed by atoms with E-state index in [4.69, 9.17) is 0 Å². The average molecular weight is 241 g/mol. The SMILES string of the molecule is CCCNCCc1nnc(C(C)C(C)C)s1. The molecule has 0 spiro atoms. The molecule has 1 N–H and O–H groups in total. The first-order chi connectivity index (χ1) is 7.65. The number of nitrogens with zero attached hydrogens (tertiary/aromatic N) is 2. The highest BCUT2D eigenvalue weighted by Crippen LogP contribution is 2.26. The van der Waals surface area contributed by atoms with Gasteiger partial charge in [0, 0.05) is 18.9 Å². The van der Waals surface area contributed by atoms with Crippen molar-refractivity contribution < 1.29 is 0 Å². The van der Waals surface area contributed by atoms with Crippen LogP contribution in [0.15, 0.2) is 0 Å². The van der Waals surface area contributed by atoms with Gasteiger partial charge in [-0.05, 0) is 18.9 Å². The highest BCUT2D eigenvalue weighted by molar-refractivity contribution is 7.11. The van der Waals surface area contributed by atoms with Crippen LogP contribution in [0.3, 0.4) is 0 Å². The summed E-state index contributed by atoms with van der Waals surface area (Å²) in [5, 5.41) is 14.2. The van der Waals surface area contributed by atoms with Crippen LogP contribution < -0.4 is 5.32 Å². The summed E-state index contributed by atoms with van der Waals surface area (Å²) >= 11 is 1.77. The van der Waals surface area contributed by atoms with E-state index in [0.717, 1.165) is 24.5 Å². The first-order valence-corrected chi connectivity index (χ1v) is 6.99. The summed E-state index contributed by atoms with van der Waals surface area (Å²) < 4.78 is 0. The summed E-state index contributed by atoms with van der Waals surface area (Å²) in [6, 6.07) is 0. The smallest absolute Gasteiger partial charge is 0.120 e. The maximum Gasteiger partial charge on any atom is 0.120 e. The van der Waals surface area contributed by atoms with E-state index in [1.165, 1.54) is 11.4 Å². The Kier molecular flexibility index (Phi) is 5.91. The van der Waals surface area contributed by atoms with Crippen LogP contribution in [-0.4, -0.2) is 23.3 Å². The Morgan fingerprint density at radius 3 is 2.56 bits per heavy atom. The molecule has 0 aromatic carbocycles. The molecule has 1 rings (SSSR count). The molecular formula is C12H23N3S. The van der Waals surface area contributed by atoms with E-state index in [2.05, 4.69) is 43.2 Å². The van der Waals surface area contributed by atoms with Gasteiger partial charge in [-0.3, -0.25) is 0 Å². The molecule has 0 fully saturated rings. The van der Waals surface area contributed by atoms with E-state index in [0.29, 0.717) is 11.8 Å². The maximum atomic E-state index is 4.28. The van der Waals surface area contributed by atoms with Gasteiger partial charge in [-0.1, -0.05) is 27.7 Å². The van der Waals surface area contributed by atoms with Crippen molar-refractivity contribution in [3.8, 4) is 0 Å². The van der Waals surface area contributed by atoms with Gasteiger partial charge in [0.2, 0.25) is 0 Å². The zero-order valence-corrected chi connectivity index (χ0v) is 11.6. The highest BCUT2D eigenvalue weighted by atomic mass is 32.1. The van der Waals surface area contributed by atoms with Crippen LogP contribution >= 0.6 is 11.3 Å². The third-order valence-electron chi connectivity index (χ3n) is 2.81. The second-order valence-corrected chi connectivity index (χ2v) is 5.66. The van der Waals surface area contributed by atoms with Crippen molar-refractivity contribution in [2.24, 2.45) is 5.92 Å². The van der Waals surface area contributed by atoms with Gasteiger partial charge in [0.25, 0.3) is 0 Å². The van der Waals surface area contributed by atoms with Crippen LogP contribution in [0.1, 0.15) is 50.0 Å². The van der Waals surface area contributed by atoms with Crippen LogP contribution in [0.5, 0.6) is 0 Å². The molecule has 0 aliphatic heterocycles. The van der Waals surface area contributed by atoms with Crippen molar-refractivity contribution in [1.82, 2.24) is 15.5 Å². The molecule has 1 aromatic rings. The molecule has 0 saturated carbocycles. The predicted octanol–water partition coefficient (Wildman–Crippen LogP) is 2.84. The Morgan fingerprint density at radius 1 is 1.19 bits per heavy atom. The van der Waals surface area contributed by atoms with Crippen molar-refractivity contribution in [2.45, 2.75) is 46.5 Å². The van der Waals surface area contributed by atoms with Gasteiger partial charge in [-0.25, -0.2) is 0 Å². The minimum atomic E-state index is 0.523. The molecule has 1 unspecified atom stereocenters. The largest absolute Gasteiger partial charge is 0.316 e. The predicted molar refractivity (Wildman–Crippen MR) is 70.0 cm³/mol. The fourth-order valence-electron chi connectivity index (χ4n) is 1.33. The number of rotatable bonds is 7. The first kappa shape index (κ1) is 13.6. The Balaban J connectivity index is 2.39. The normalized spacial score (nSPS) is 13.3. The third-order valence-corrected chi connectivity index (χ3v) is 4.00. The molecule has 1 atom stereocenters. The molecule has 16 heavy (non-hydrogen) atoms. The summed E-state index contributed by atoms with van der Waals surface area (Å²) in [7, 11) is 0. The number of hydrogen-bond donors (Lipinski definition) is 1. The fourth-order valence-corrected chi connectivity index (χ4v) is 2.40. The van der Waals surface area contributed by atoms with Gasteiger partial charge >= 0.3 is 0 Å². The van der Waals surface area contributed by atoms with Crippen molar-refractivity contribution in [2.75, 3.05) is 13.1 Å². The number of aromatic nitrogens is 2. The molecular weight excluding hydrogens is 218 g/mol. The van der Waals surface area contributed by atoms with Crippen LogP contribution in [0.2, 0.25) is 0 Å².